The van der Waals surface area contributed by atoms with Gasteiger partial charge in [-0.15, -0.1) is 21.5 Å². The summed E-state index contributed by atoms with van der Waals surface area (Å²) in [6.07, 6.45) is 1.46. The average molecular weight is 335 g/mol. The molecule has 0 aliphatic carbocycles. The fourth-order valence-electron chi connectivity index (χ4n) is 2.63. The van der Waals surface area contributed by atoms with Gasteiger partial charge in [0.05, 0.1) is 19.2 Å². The minimum absolute atomic E-state index is 0.00286. The number of nitrogens with zero attached hydrogens (tertiary/aromatic N) is 4. The smallest absolute Gasteiger partial charge is 0.318 e. The first-order valence-electron chi connectivity index (χ1n) is 7.77. The predicted molar refractivity (Wildman–Crippen MR) is 87.2 cm³/mol. The molecule has 0 bridgehead atoms. The number of morpholine rings is 1. The molecule has 8 heteroatoms. The van der Waals surface area contributed by atoms with Crippen LogP contribution in [0.15, 0.2) is 23.8 Å². The molecule has 1 aliphatic heterocycles. The highest BCUT2D eigenvalue weighted by Gasteiger charge is 2.29. The van der Waals surface area contributed by atoms with Crippen molar-refractivity contribution in [3.63, 3.8) is 0 Å². The third-order valence-corrected chi connectivity index (χ3v) is 4.99. The molecule has 7 nitrogen and oxygen atoms in total. The van der Waals surface area contributed by atoms with Crippen LogP contribution in [0.5, 0.6) is 0 Å². The van der Waals surface area contributed by atoms with Gasteiger partial charge in [0.25, 0.3) is 0 Å². The van der Waals surface area contributed by atoms with Crippen molar-refractivity contribution in [2.75, 3.05) is 19.7 Å². The Labute approximate surface area is 139 Å². The van der Waals surface area contributed by atoms with Gasteiger partial charge in [-0.05, 0) is 25.3 Å². The molecule has 0 unspecified atom stereocenters. The summed E-state index contributed by atoms with van der Waals surface area (Å²) in [6, 6.07) is 3.96. The van der Waals surface area contributed by atoms with Gasteiger partial charge in [0, 0.05) is 18.0 Å². The Bertz CT molecular complexity index is 642. The average Bonchev–Trinajstić information content (AvgIpc) is 3.26. The van der Waals surface area contributed by atoms with E-state index in [0.29, 0.717) is 19.7 Å². The minimum Gasteiger partial charge on any atom is -0.366 e. The molecule has 1 fully saturated rings. The quantitative estimate of drug-likeness (QED) is 0.930. The summed E-state index contributed by atoms with van der Waals surface area (Å²) in [5.74, 6) is 0.774. The summed E-state index contributed by atoms with van der Waals surface area (Å²) in [5.41, 5.74) is 0. The molecule has 124 valence electrons. The number of urea groups is 1. The Kier molecular flexibility index (Phi) is 4.92. The van der Waals surface area contributed by atoms with Crippen molar-refractivity contribution in [2.24, 2.45) is 0 Å². The number of hydrogen-bond acceptors (Lipinski definition) is 5. The van der Waals surface area contributed by atoms with Crippen molar-refractivity contribution in [1.29, 1.82) is 0 Å². The van der Waals surface area contributed by atoms with Crippen LogP contribution >= 0.6 is 11.3 Å². The van der Waals surface area contributed by atoms with E-state index in [0.717, 1.165) is 17.2 Å². The number of amides is 2. The molecule has 0 saturated carbocycles. The van der Waals surface area contributed by atoms with Crippen molar-refractivity contribution in [3.05, 3.63) is 34.5 Å². The van der Waals surface area contributed by atoms with Gasteiger partial charge in [-0.2, -0.15) is 0 Å². The van der Waals surface area contributed by atoms with Crippen LogP contribution in [0.25, 0.3) is 0 Å². The maximum absolute atomic E-state index is 12.5. The Morgan fingerprint density at radius 1 is 1.61 bits per heavy atom. The number of aryl methyl sites for hydroxylation is 1. The van der Waals surface area contributed by atoms with E-state index in [-0.39, 0.29) is 18.2 Å². The molecule has 2 amide bonds. The van der Waals surface area contributed by atoms with Crippen molar-refractivity contribution >= 4 is 17.4 Å². The highest BCUT2D eigenvalue weighted by atomic mass is 32.1. The van der Waals surface area contributed by atoms with Crippen LogP contribution in [0.1, 0.15) is 36.7 Å². The summed E-state index contributed by atoms with van der Waals surface area (Å²) in [6.45, 7) is 6.38. The van der Waals surface area contributed by atoms with E-state index in [9.17, 15) is 4.79 Å². The molecule has 1 saturated heterocycles. The first-order chi connectivity index (χ1) is 11.2. The fourth-order valence-corrected chi connectivity index (χ4v) is 3.37. The lowest BCUT2D eigenvalue weighted by Crippen LogP contribution is -2.48. The third-order valence-electron chi connectivity index (χ3n) is 3.94. The lowest BCUT2D eigenvalue weighted by molar-refractivity contribution is -0.0220. The molecule has 0 radical (unpaired) electrons. The minimum atomic E-state index is -0.228. The van der Waals surface area contributed by atoms with Crippen molar-refractivity contribution in [3.8, 4) is 0 Å². The molecular weight excluding hydrogens is 314 g/mol. The molecule has 1 aliphatic rings. The molecule has 0 spiro atoms. The van der Waals surface area contributed by atoms with Gasteiger partial charge < -0.3 is 19.5 Å². The molecule has 2 atom stereocenters. The Morgan fingerprint density at radius 2 is 2.48 bits per heavy atom. The second kappa shape index (κ2) is 7.10. The fraction of sp³-hybridized carbons (Fsp3) is 0.533. The number of carbonyl (C=O) groups excluding carboxylic acids is 1. The van der Waals surface area contributed by atoms with Gasteiger partial charge in [0.2, 0.25) is 0 Å². The standard InChI is InChI=1S/C15H21N5O2S/c1-3-19-10-16-18-14(19)12-9-20(6-7-22-12)15(21)17-11(2)13-5-4-8-23-13/h4-5,8,10-12H,3,6-7,9H2,1-2H3,(H,17,21)/t11-,12+/m0/s1. The number of rotatable bonds is 4. The SMILES string of the molecule is CCn1cnnc1[C@H]1CN(C(=O)N[C@@H](C)c2cccs2)CCO1. The molecule has 2 aromatic heterocycles. The van der Waals surface area contributed by atoms with Crippen LogP contribution < -0.4 is 5.32 Å². The first-order valence-corrected chi connectivity index (χ1v) is 8.65. The van der Waals surface area contributed by atoms with E-state index < -0.39 is 0 Å². The normalized spacial score (nSPS) is 19.6. The summed E-state index contributed by atoms with van der Waals surface area (Å²) in [7, 11) is 0. The molecule has 0 aromatic carbocycles. The number of ether oxygens (including phenoxy) is 1. The number of hydrogen-bond donors (Lipinski definition) is 1. The van der Waals surface area contributed by atoms with Gasteiger partial charge in [-0.3, -0.25) is 0 Å². The summed E-state index contributed by atoms with van der Waals surface area (Å²) in [4.78, 5) is 15.4. The zero-order valence-corrected chi connectivity index (χ0v) is 14.1. The highest BCUT2D eigenvalue weighted by molar-refractivity contribution is 7.10. The van der Waals surface area contributed by atoms with Gasteiger partial charge in [-0.25, -0.2) is 4.79 Å². The van der Waals surface area contributed by atoms with Gasteiger partial charge in [-0.1, -0.05) is 6.07 Å². The lowest BCUT2D eigenvalue weighted by Gasteiger charge is -2.33. The zero-order valence-electron chi connectivity index (χ0n) is 13.3. The Hall–Kier alpha value is -1.93. The summed E-state index contributed by atoms with van der Waals surface area (Å²) < 4.78 is 7.72. The van der Waals surface area contributed by atoms with Crippen LogP contribution in [0.3, 0.4) is 0 Å². The van der Waals surface area contributed by atoms with Crippen molar-refractivity contribution < 1.29 is 9.53 Å². The number of aromatic nitrogens is 3. The lowest BCUT2D eigenvalue weighted by atomic mass is 10.2. The summed E-state index contributed by atoms with van der Waals surface area (Å²) in [5, 5.41) is 13.1. The second-order valence-corrected chi connectivity index (χ2v) is 6.45. The van der Waals surface area contributed by atoms with Crippen molar-refractivity contribution in [1.82, 2.24) is 25.0 Å². The van der Waals surface area contributed by atoms with Gasteiger partial charge in [0.15, 0.2) is 5.82 Å². The van der Waals surface area contributed by atoms with E-state index in [2.05, 4.69) is 15.5 Å². The monoisotopic (exact) mass is 335 g/mol. The number of nitrogens with one attached hydrogen (secondary N) is 1. The number of thiophene rings is 1. The van der Waals surface area contributed by atoms with E-state index in [1.165, 1.54) is 0 Å². The largest absolute Gasteiger partial charge is 0.366 e. The van der Waals surface area contributed by atoms with Gasteiger partial charge >= 0.3 is 6.03 Å². The first kappa shape index (κ1) is 15.9. The summed E-state index contributed by atoms with van der Waals surface area (Å²) >= 11 is 1.64. The third kappa shape index (κ3) is 3.53. The van der Waals surface area contributed by atoms with Crippen LogP contribution in [0, 0.1) is 0 Å². The van der Waals surface area contributed by atoms with Crippen LogP contribution in [-0.4, -0.2) is 45.4 Å². The van der Waals surface area contributed by atoms with E-state index in [1.54, 1.807) is 22.6 Å². The maximum atomic E-state index is 12.5. The number of carbonyl (C=O) groups is 1. The van der Waals surface area contributed by atoms with Crippen molar-refractivity contribution in [2.45, 2.75) is 32.5 Å². The Balaban J connectivity index is 1.63. The van der Waals surface area contributed by atoms with Crippen LogP contribution in [0.2, 0.25) is 0 Å². The predicted octanol–water partition coefficient (Wildman–Crippen LogP) is 2.20. The van der Waals surface area contributed by atoms with Crippen LogP contribution in [-0.2, 0) is 11.3 Å². The molecule has 3 rings (SSSR count). The van der Waals surface area contributed by atoms with E-state index in [1.807, 2.05) is 35.9 Å². The highest BCUT2D eigenvalue weighted by Crippen LogP contribution is 2.22. The van der Waals surface area contributed by atoms with Gasteiger partial charge in [0.1, 0.15) is 12.4 Å². The zero-order chi connectivity index (χ0) is 16.2. The molecule has 23 heavy (non-hydrogen) atoms. The maximum Gasteiger partial charge on any atom is 0.318 e. The molecular formula is C15H21N5O2S. The Morgan fingerprint density at radius 3 is 3.22 bits per heavy atom. The second-order valence-electron chi connectivity index (χ2n) is 5.47. The molecule has 2 aromatic rings. The van der Waals surface area contributed by atoms with E-state index in [4.69, 9.17) is 4.74 Å². The molecule has 1 N–H and O–H groups in total. The van der Waals surface area contributed by atoms with Crippen LogP contribution in [0.4, 0.5) is 4.79 Å². The van der Waals surface area contributed by atoms with E-state index >= 15 is 0 Å². The molecule has 3 heterocycles. The topological polar surface area (TPSA) is 72.3 Å².